The Bertz CT molecular complexity index is 183. The molecule has 0 amide bonds. The van der Waals surface area contributed by atoms with Crippen LogP contribution >= 0.6 is 12.6 Å². The fraction of sp³-hybridized carbons (Fsp3) is 0.167. The van der Waals surface area contributed by atoms with Gasteiger partial charge in [-0.05, 0) is 12.1 Å². The molecule has 47 valence electrons. The predicted octanol–water partition coefficient (Wildman–Crippen LogP) is 1.10. The van der Waals surface area contributed by atoms with E-state index in [1.807, 2.05) is 12.1 Å². The molecule has 1 heterocycles. The summed E-state index contributed by atoms with van der Waals surface area (Å²) in [6, 6.07) is 3.66. The lowest BCUT2D eigenvalue weighted by Crippen LogP contribution is -1.97. The molecular formula is C6H7N2S. The highest BCUT2D eigenvalue weighted by Crippen LogP contribution is 2.02. The highest BCUT2D eigenvalue weighted by Gasteiger charge is 1.88. The number of nitrogens with zero attached hydrogens (tertiary/aromatic N) is 1. The maximum absolute atomic E-state index is 5.30. The van der Waals surface area contributed by atoms with Crippen LogP contribution in [0.3, 0.4) is 0 Å². The summed E-state index contributed by atoms with van der Waals surface area (Å²) in [4.78, 5) is 4.72. The SMILES string of the molecule is NCc1ccc([S])cn1. The van der Waals surface area contributed by atoms with E-state index in [-0.39, 0.29) is 0 Å². The zero-order chi connectivity index (χ0) is 6.69. The Balaban J connectivity index is 2.88. The second kappa shape index (κ2) is 2.75. The quantitative estimate of drug-likeness (QED) is 0.632. The van der Waals surface area contributed by atoms with Gasteiger partial charge in [0.15, 0.2) is 0 Å². The summed E-state index contributed by atoms with van der Waals surface area (Å²) in [6.07, 6.45) is 1.64. The van der Waals surface area contributed by atoms with E-state index < -0.39 is 0 Å². The topological polar surface area (TPSA) is 38.9 Å². The van der Waals surface area contributed by atoms with Crippen molar-refractivity contribution in [2.75, 3.05) is 0 Å². The van der Waals surface area contributed by atoms with Crippen molar-refractivity contribution in [1.82, 2.24) is 4.98 Å². The maximum Gasteiger partial charge on any atom is 0.0560 e. The molecule has 1 radical (unpaired) electrons. The number of nitrogens with two attached hydrogens (primary N) is 1. The Morgan fingerprint density at radius 1 is 1.56 bits per heavy atom. The van der Waals surface area contributed by atoms with Gasteiger partial charge in [-0.15, -0.1) is 0 Å². The summed E-state index contributed by atoms with van der Waals surface area (Å²) >= 11 is 4.82. The monoisotopic (exact) mass is 139 g/mol. The lowest BCUT2D eigenvalue weighted by molar-refractivity contribution is 0.978. The Labute approximate surface area is 59.5 Å². The molecule has 0 spiro atoms. The van der Waals surface area contributed by atoms with E-state index in [0.717, 1.165) is 10.6 Å². The molecular weight excluding hydrogens is 132 g/mol. The van der Waals surface area contributed by atoms with Crippen molar-refractivity contribution in [3.8, 4) is 0 Å². The van der Waals surface area contributed by atoms with Gasteiger partial charge in [0.1, 0.15) is 0 Å². The van der Waals surface area contributed by atoms with Gasteiger partial charge in [0.25, 0.3) is 0 Å². The van der Waals surface area contributed by atoms with Crippen LogP contribution in [0.5, 0.6) is 0 Å². The van der Waals surface area contributed by atoms with E-state index in [9.17, 15) is 0 Å². The first-order valence-electron chi connectivity index (χ1n) is 2.65. The van der Waals surface area contributed by atoms with Crippen molar-refractivity contribution in [3.05, 3.63) is 24.0 Å². The third-order valence-electron chi connectivity index (χ3n) is 1.01. The molecule has 9 heavy (non-hydrogen) atoms. The predicted molar refractivity (Wildman–Crippen MR) is 38.0 cm³/mol. The summed E-state index contributed by atoms with van der Waals surface area (Å²) in [5.74, 6) is 0. The summed E-state index contributed by atoms with van der Waals surface area (Å²) in [5, 5.41) is 0. The van der Waals surface area contributed by atoms with Crippen molar-refractivity contribution < 1.29 is 0 Å². The Morgan fingerprint density at radius 3 is 2.78 bits per heavy atom. The first-order chi connectivity index (χ1) is 4.33. The second-order valence-electron chi connectivity index (χ2n) is 1.69. The van der Waals surface area contributed by atoms with E-state index in [1.165, 1.54) is 0 Å². The van der Waals surface area contributed by atoms with Crippen molar-refractivity contribution in [2.24, 2.45) is 5.73 Å². The van der Waals surface area contributed by atoms with Gasteiger partial charge >= 0.3 is 0 Å². The van der Waals surface area contributed by atoms with Gasteiger partial charge in [-0.25, -0.2) is 0 Å². The molecule has 0 saturated carbocycles. The fourth-order valence-corrected chi connectivity index (χ4v) is 0.652. The largest absolute Gasteiger partial charge is 0.325 e. The average Bonchev–Trinajstić information content (AvgIpc) is 1.90. The fourth-order valence-electron chi connectivity index (χ4n) is 0.532. The summed E-state index contributed by atoms with van der Waals surface area (Å²) in [6.45, 7) is 0.482. The smallest absolute Gasteiger partial charge is 0.0560 e. The third kappa shape index (κ3) is 1.62. The normalized spacial score (nSPS) is 9.44. The Morgan fingerprint density at radius 2 is 2.33 bits per heavy atom. The van der Waals surface area contributed by atoms with Crippen LogP contribution in [0, 0.1) is 0 Å². The van der Waals surface area contributed by atoms with Crippen LogP contribution in [0.2, 0.25) is 0 Å². The van der Waals surface area contributed by atoms with Crippen LogP contribution in [0.4, 0.5) is 0 Å². The van der Waals surface area contributed by atoms with Crippen LogP contribution < -0.4 is 5.73 Å². The van der Waals surface area contributed by atoms with E-state index in [1.54, 1.807) is 6.20 Å². The van der Waals surface area contributed by atoms with Gasteiger partial charge in [0, 0.05) is 12.7 Å². The minimum absolute atomic E-state index is 0.482. The van der Waals surface area contributed by atoms with Crippen LogP contribution in [0.15, 0.2) is 23.2 Å². The lowest BCUT2D eigenvalue weighted by Gasteiger charge is -1.92. The van der Waals surface area contributed by atoms with Crippen molar-refractivity contribution in [3.63, 3.8) is 0 Å². The van der Waals surface area contributed by atoms with Crippen molar-refractivity contribution >= 4 is 12.6 Å². The Hall–Kier alpha value is -0.670. The lowest BCUT2D eigenvalue weighted by atomic mass is 10.4. The van der Waals surface area contributed by atoms with Gasteiger partial charge in [-0.3, -0.25) is 4.98 Å². The van der Waals surface area contributed by atoms with E-state index in [4.69, 9.17) is 18.4 Å². The third-order valence-corrected chi connectivity index (χ3v) is 1.25. The molecule has 0 saturated heterocycles. The zero-order valence-corrected chi connectivity index (χ0v) is 5.69. The van der Waals surface area contributed by atoms with E-state index in [2.05, 4.69) is 4.98 Å². The molecule has 0 unspecified atom stereocenters. The van der Waals surface area contributed by atoms with Gasteiger partial charge in [0.05, 0.1) is 10.6 Å². The molecule has 1 rings (SSSR count). The minimum atomic E-state index is 0.482. The average molecular weight is 139 g/mol. The number of aromatic nitrogens is 1. The number of hydrogen-bond donors (Lipinski definition) is 1. The highest BCUT2D eigenvalue weighted by molar-refractivity contribution is 7.80. The van der Waals surface area contributed by atoms with E-state index in [0.29, 0.717) is 6.54 Å². The molecule has 0 aliphatic carbocycles. The van der Waals surface area contributed by atoms with Crippen LogP contribution in [0.25, 0.3) is 0 Å². The first kappa shape index (κ1) is 6.45. The number of hydrogen-bond acceptors (Lipinski definition) is 2. The zero-order valence-electron chi connectivity index (χ0n) is 4.87. The van der Waals surface area contributed by atoms with Crippen LogP contribution in [-0.2, 0) is 6.54 Å². The van der Waals surface area contributed by atoms with Crippen LogP contribution in [-0.4, -0.2) is 4.98 Å². The standard InChI is InChI=1S/C6H7N2S/c7-3-5-1-2-6(9)4-8-5/h1-2,4H,3,7H2. The van der Waals surface area contributed by atoms with Crippen molar-refractivity contribution in [1.29, 1.82) is 0 Å². The molecule has 0 fully saturated rings. The summed E-state index contributed by atoms with van der Waals surface area (Å²) in [5.41, 5.74) is 6.18. The van der Waals surface area contributed by atoms with Crippen LogP contribution in [0.1, 0.15) is 5.69 Å². The molecule has 1 aromatic rings. The molecule has 0 bridgehead atoms. The molecule has 2 N–H and O–H groups in total. The van der Waals surface area contributed by atoms with Gasteiger partial charge < -0.3 is 5.73 Å². The highest BCUT2D eigenvalue weighted by atomic mass is 32.1. The second-order valence-corrected chi connectivity index (χ2v) is 2.16. The molecule has 0 aliphatic heterocycles. The first-order valence-corrected chi connectivity index (χ1v) is 3.06. The van der Waals surface area contributed by atoms with Gasteiger partial charge in [-0.1, -0.05) is 12.6 Å². The number of rotatable bonds is 1. The molecule has 0 aliphatic rings. The summed E-state index contributed by atoms with van der Waals surface area (Å²) in [7, 11) is 0. The van der Waals surface area contributed by atoms with Gasteiger partial charge in [0.2, 0.25) is 0 Å². The van der Waals surface area contributed by atoms with Crippen molar-refractivity contribution in [2.45, 2.75) is 11.4 Å². The Kier molecular flexibility index (Phi) is 1.97. The van der Waals surface area contributed by atoms with E-state index >= 15 is 0 Å². The molecule has 2 nitrogen and oxygen atoms in total. The molecule has 0 atom stereocenters. The maximum atomic E-state index is 5.30. The number of pyridine rings is 1. The molecule has 3 heteroatoms. The van der Waals surface area contributed by atoms with Gasteiger partial charge in [-0.2, -0.15) is 0 Å². The minimum Gasteiger partial charge on any atom is -0.325 e. The molecule has 0 aromatic carbocycles. The summed E-state index contributed by atoms with van der Waals surface area (Å²) < 4.78 is 0. The molecule has 1 aromatic heterocycles.